The monoisotopic (exact) mass is 338 g/mol. The molecule has 0 rings (SSSR count). The molecular formula is C15H30O8. The Morgan fingerprint density at radius 3 is 2.00 bits per heavy atom. The Labute approximate surface area is 136 Å². The van der Waals surface area contributed by atoms with Crippen LogP contribution in [0.5, 0.6) is 0 Å². The molecular weight excluding hydrogens is 308 g/mol. The molecule has 0 aromatic rings. The third-order valence-corrected chi connectivity index (χ3v) is 3.56. The van der Waals surface area contributed by atoms with Crippen LogP contribution < -0.4 is 0 Å². The molecule has 23 heavy (non-hydrogen) atoms. The van der Waals surface area contributed by atoms with Crippen LogP contribution in [-0.4, -0.2) is 73.9 Å². The second-order valence-electron chi connectivity index (χ2n) is 5.62. The zero-order valence-electron chi connectivity index (χ0n) is 13.5. The van der Waals surface area contributed by atoms with Gasteiger partial charge in [0, 0.05) is 6.42 Å². The lowest BCUT2D eigenvalue weighted by atomic mass is 10.0. The molecule has 0 aliphatic carbocycles. The fourth-order valence-corrected chi connectivity index (χ4v) is 2.02. The summed E-state index contributed by atoms with van der Waals surface area (Å²) in [6, 6.07) is 0. The van der Waals surface area contributed by atoms with Crippen molar-refractivity contribution in [3.63, 3.8) is 0 Å². The molecule has 0 amide bonds. The minimum Gasteiger partial charge on any atom is -0.433 e. The first-order valence-electron chi connectivity index (χ1n) is 8.05. The van der Waals surface area contributed by atoms with Gasteiger partial charge in [0.15, 0.2) is 0 Å². The Kier molecular flexibility index (Phi) is 12.2. The number of rotatable bonds is 13. The van der Waals surface area contributed by atoms with E-state index >= 15 is 0 Å². The molecule has 0 saturated carbocycles. The van der Waals surface area contributed by atoms with Gasteiger partial charge in [0.25, 0.3) is 0 Å². The Morgan fingerprint density at radius 2 is 1.43 bits per heavy atom. The van der Waals surface area contributed by atoms with E-state index in [1.54, 1.807) is 0 Å². The molecule has 0 aliphatic rings. The number of aliphatic hydroxyl groups is 6. The first-order valence-corrected chi connectivity index (χ1v) is 8.05. The van der Waals surface area contributed by atoms with Gasteiger partial charge < -0.3 is 35.4 Å². The molecule has 0 fully saturated rings. The minimum absolute atomic E-state index is 0.0772. The van der Waals surface area contributed by atoms with E-state index in [1.165, 1.54) is 0 Å². The number of aliphatic hydroxyl groups excluding tert-OH is 6. The van der Waals surface area contributed by atoms with Crippen molar-refractivity contribution < 1.29 is 40.2 Å². The van der Waals surface area contributed by atoms with Crippen LogP contribution in [0.4, 0.5) is 0 Å². The summed E-state index contributed by atoms with van der Waals surface area (Å²) in [5, 5.41) is 55.9. The van der Waals surface area contributed by atoms with Gasteiger partial charge in [-0.05, 0) is 6.42 Å². The van der Waals surface area contributed by atoms with E-state index in [-0.39, 0.29) is 6.42 Å². The first kappa shape index (κ1) is 22.2. The molecule has 0 aromatic carbocycles. The predicted molar refractivity (Wildman–Crippen MR) is 81.2 cm³/mol. The van der Waals surface area contributed by atoms with Crippen LogP contribution in [0.15, 0.2) is 0 Å². The number of hydrogen-bond donors (Lipinski definition) is 6. The third kappa shape index (κ3) is 9.19. The summed E-state index contributed by atoms with van der Waals surface area (Å²) in [7, 11) is 0. The van der Waals surface area contributed by atoms with Crippen molar-refractivity contribution in [3.8, 4) is 0 Å². The molecule has 1 unspecified atom stereocenters. The SMILES string of the molecule is CCCCCCCCC(=O)OC(O)[C@@H](O)[C@@H](O)[C@H](O)[C@H](O)CO. The van der Waals surface area contributed by atoms with Crippen molar-refractivity contribution >= 4 is 5.97 Å². The average molecular weight is 338 g/mol. The van der Waals surface area contributed by atoms with Gasteiger partial charge in [0.05, 0.1) is 6.61 Å². The number of unbranched alkanes of at least 4 members (excludes halogenated alkanes) is 5. The summed E-state index contributed by atoms with van der Waals surface area (Å²) in [6.07, 6.45) is -3.66. The van der Waals surface area contributed by atoms with Gasteiger partial charge in [-0.1, -0.05) is 39.0 Å². The maximum Gasteiger partial charge on any atom is 0.308 e. The van der Waals surface area contributed by atoms with Crippen LogP contribution in [0.25, 0.3) is 0 Å². The topological polar surface area (TPSA) is 148 Å². The van der Waals surface area contributed by atoms with Gasteiger partial charge in [-0.15, -0.1) is 0 Å². The number of esters is 1. The second-order valence-corrected chi connectivity index (χ2v) is 5.62. The first-order chi connectivity index (χ1) is 10.8. The smallest absolute Gasteiger partial charge is 0.308 e. The molecule has 0 spiro atoms. The predicted octanol–water partition coefficient (Wildman–Crippen LogP) is -0.965. The van der Waals surface area contributed by atoms with Crippen LogP contribution >= 0.6 is 0 Å². The lowest BCUT2D eigenvalue weighted by molar-refractivity contribution is -0.213. The number of carbonyl (C=O) groups is 1. The normalized spacial score (nSPS) is 18.0. The largest absolute Gasteiger partial charge is 0.433 e. The lowest BCUT2D eigenvalue weighted by Gasteiger charge is -2.28. The van der Waals surface area contributed by atoms with Crippen LogP contribution in [0.3, 0.4) is 0 Å². The maximum absolute atomic E-state index is 11.5. The third-order valence-electron chi connectivity index (χ3n) is 3.56. The Bertz CT molecular complexity index is 312. The highest BCUT2D eigenvalue weighted by atomic mass is 16.6. The summed E-state index contributed by atoms with van der Waals surface area (Å²) >= 11 is 0. The summed E-state index contributed by atoms with van der Waals surface area (Å²) < 4.78 is 4.58. The molecule has 0 heterocycles. The fraction of sp³-hybridized carbons (Fsp3) is 0.933. The van der Waals surface area contributed by atoms with Crippen molar-refractivity contribution in [1.29, 1.82) is 0 Å². The molecule has 0 radical (unpaired) electrons. The van der Waals surface area contributed by atoms with E-state index in [9.17, 15) is 25.2 Å². The van der Waals surface area contributed by atoms with Crippen molar-refractivity contribution in [2.75, 3.05) is 6.61 Å². The Balaban J connectivity index is 4.05. The van der Waals surface area contributed by atoms with Gasteiger partial charge in [-0.3, -0.25) is 4.79 Å². The fourth-order valence-electron chi connectivity index (χ4n) is 2.02. The summed E-state index contributed by atoms with van der Waals surface area (Å²) in [5.74, 6) is -0.726. The van der Waals surface area contributed by atoms with Crippen molar-refractivity contribution in [2.24, 2.45) is 0 Å². The molecule has 0 aliphatic heterocycles. The van der Waals surface area contributed by atoms with E-state index in [0.717, 1.165) is 32.1 Å². The Morgan fingerprint density at radius 1 is 0.870 bits per heavy atom. The van der Waals surface area contributed by atoms with Gasteiger partial charge in [0.2, 0.25) is 6.29 Å². The average Bonchev–Trinajstić information content (AvgIpc) is 2.54. The van der Waals surface area contributed by atoms with Gasteiger partial charge >= 0.3 is 5.97 Å². The molecule has 0 saturated heterocycles. The van der Waals surface area contributed by atoms with Crippen molar-refractivity contribution in [1.82, 2.24) is 0 Å². The van der Waals surface area contributed by atoms with Gasteiger partial charge in [0.1, 0.15) is 24.4 Å². The lowest BCUT2D eigenvalue weighted by Crippen LogP contribution is -2.50. The van der Waals surface area contributed by atoms with Crippen LogP contribution in [0, 0.1) is 0 Å². The van der Waals surface area contributed by atoms with Gasteiger partial charge in [-0.2, -0.15) is 0 Å². The number of carbonyl (C=O) groups excluding carboxylic acids is 1. The highest BCUT2D eigenvalue weighted by Gasteiger charge is 2.35. The molecule has 138 valence electrons. The number of ether oxygens (including phenoxy) is 1. The molecule has 5 atom stereocenters. The molecule has 6 N–H and O–H groups in total. The second kappa shape index (κ2) is 12.6. The molecule has 0 aromatic heterocycles. The van der Waals surface area contributed by atoms with Crippen molar-refractivity contribution in [2.45, 2.75) is 82.6 Å². The summed E-state index contributed by atoms with van der Waals surface area (Å²) in [4.78, 5) is 11.5. The Hall–Kier alpha value is -0.770. The standard InChI is InChI=1S/C15H30O8/c1-2-3-4-5-6-7-8-11(18)23-15(22)14(21)13(20)12(19)10(17)9-16/h10,12-17,19-22H,2-9H2,1H3/t10-,12-,13+,14+,15?/m1/s1. The quantitative estimate of drug-likeness (QED) is 0.143. The van der Waals surface area contributed by atoms with Crippen LogP contribution in [0.2, 0.25) is 0 Å². The zero-order chi connectivity index (χ0) is 17.8. The summed E-state index contributed by atoms with van der Waals surface area (Å²) in [5.41, 5.74) is 0. The minimum atomic E-state index is -2.03. The maximum atomic E-state index is 11.5. The number of hydrogen-bond acceptors (Lipinski definition) is 8. The molecule has 0 bridgehead atoms. The zero-order valence-corrected chi connectivity index (χ0v) is 13.5. The van der Waals surface area contributed by atoms with Crippen LogP contribution in [-0.2, 0) is 9.53 Å². The molecule has 8 nitrogen and oxygen atoms in total. The highest BCUT2D eigenvalue weighted by Crippen LogP contribution is 2.12. The van der Waals surface area contributed by atoms with E-state index < -0.39 is 43.3 Å². The van der Waals surface area contributed by atoms with Crippen molar-refractivity contribution in [3.05, 3.63) is 0 Å². The molecule has 8 heteroatoms. The highest BCUT2D eigenvalue weighted by molar-refractivity contribution is 5.69. The van der Waals surface area contributed by atoms with Gasteiger partial charge in [-0.25, -0.2) is 0 Å². The van der Waals surface area contributed by atoms with E-state index in [1.807, 2.05) is 0 Å². The van der Waals surface area contributed by atoms with E-state index in [4.69, 9.17) is 10.2 Å². The summed E-state index contributed by atoms with van der Waals surface area (Å²) in [6.45, 7) is 1.27. The van der Waals surface area contributed by atoms with E-state index in [2.05, 4.69) is 11.7 Å². The van der Waals surface area contributed by atoms with E-state index in [0.29, 0.717) is 6.42 Å². The van der Waals surface area contributed by atoms with Crippen LogP contribution in [0.1, 0.15) is 51.9 Å².